The number of hydrogen-bond donors (Lipinski definition) is 3. The molecule has 3 atom stereocenters. The lowest BCUT2D eigenvalue weighted by Crippen LogP contribution is -2.51. The van der Waals surface area contributed by atoms with Crippen molar-refractivity contribution in [3.8, 4) is 0 Å². The molecule has 1 fully saturated rings. The molecule has 1 saturated heterocycles. The average Bonchev–Trinajstić information content (AvgIpc) is 2.74. The number of sulfonamides is 2. The summed E-state index contributed by atoms with van der Waals surface area (Å²) in [4.78, 5) is -0.426. The average molecular weight is 491 g/mol. The molecule has 3 rings (SSSR count). The molecule has 0 radical (unpaired) electrons. The zero-order valence-corrected chi connectivity index (χ0v) is 18.6. The Hall–Kier alpha value is -1.96. The SMILES string of the molecule is O=S(=O)(NCC[C@H]1CC[C@H](NS(=O)(=O)c2cccc(F)c2)[C@@H](CO)O1)c1cccc(F)c1. The number of aliphatic hydroxyl groups excluding tert-OH is 1. The lowest BCUT2D eigenvalue weighted by Gasteiger charge is -2.36. The van der Waals surface area contributed by atoms with Crippen molar-refractivity contribution in [1.82, 2.24) is 9.44 Å². The van der Waals surface area contributed by atoms with Crippen molar-refractivity contribution < 1.29 is 35.5 Å². The normalized spacial score (nSPS) is 22.0. The van der Waals surface area contributed by atoms with Gasteiger partial charge in [0.05, 0.1) is 34.6 Å². The Bertz CT molecular complexity index is 1140. The molecule has 0 amide bonds. The number of ether oxygens (including phenoxy) is 1. The van der Waals surface area contributed by atoms with Gasteiger partial charge in [-0.1, -0.05) is 12.1 Å². The van der Waals surface area contributed by atoms with E-state index in [1.165, 1.54) is 24.3 Å². The third-order valence-corrected chi connectivity index (χ3v) is 8.02. The van der Waals surface area contributed by atoms with Crippen LogP contribution in [-0.2, 0) is 24.8 Å². The van der Waals surface area contributed by atoms with E-state index in [9.17, 15) is 30.7 Å². The molecule has 8 nitrogen and oxygen atoms in total. The molecule has 12 heteroatoms. The molecule has 0 aliphatic carbocycles. The minimum atomic E-state index is -4.02. The Kier molecular flexibility index (Phi) is 7.96. The summed E-state index contributed by atoms with van der Waals surface area (Å²) in [6, 6.07) is 8.47. The van der Waals surface area contributed by atoms with Crippen molar-refractivity contribution in [2.45, 2.75) is 47.3 Å². The maximum absolute atomic E-state index is 13.4. The smallest absolute Gasteiger partial charge is 0.241 e. The molecule has 1 aliphatic heterocycles. The van der Waals surface area contributed by atoms with Crippen LogP contribution >= 0.6 is 0 Å². The quantitative estimate of drug-likeness (QED) is 0.490. The van der Waals surface area contributed by atoms with Gasteiger partial charge in [-0.2, -0.15) is 0 Å². The second kappa shape index (κ2) is 10.3. The van der Waals surface area contributed by atoms with Gasteiger partial charge in [0.1, 0.15) is 11.6 Å². The first-order chi connectivity index (χ1) is 15.1. The van der Waals surface area contributed by atoms with Gasteiger partial charge in [0.25, 0.3) is 0 Å². The molecule has 0 saturated carbocycles. The van der Waals surface area contributed by atoms with Gasteiger partial charge in [-0.05, 0) is 55.7 Å². The molecule has 32 heavy (non-hydrogen) atoms. The highest BCUT2D eigenvalue weighted by atomic mass is 32.2. The van der Waals surface area contributed by atoms with Gasteiger partial charge in [-0.15, -0.1) is 0 Å². The van der Waals surface area contributed by atoms with Gasteiger partial charge in [0.15, 0.2) is 0 Å². The molecular formula is C20H24F2N2O6S2. The first-order valence-electron chi connectivity index (χ1n) is 9.90. The number of hydrogen-bond acceptors (Lipinski definition) is 6. The lowest BCUT2D eigenvalue weighted by molar-refractivity contribution is -0.0869. The molecule has 1 heterocycles. The van der Waals surface area contributed by atoms with Gasteiger partial charge < -0.3 is 9.84 Å². The van der Waals surface area contributed by atoms with E-state index in [4.69, 9.17) is 4.74 Å². The van der Waals surface area contributed by atoms with Crippen molar-refractivity contribution in [3.05, 3.63) is 60.2 Å². The largest absolute Gasteiger partial charge is 0.394 e. The van der Waals surface area contributed by atoms with Gasteiger partial charge in [-0.25, -0.2) is 35.1 Å². The number of nitrogens with one attached hydrogen (secondary N) is 2. The van der Waals surface area contributed by atoms with Gasteiger partial charge in [0.2, 0.25) is 20.0 Å². The van der Waals surface area contributed by atoms with Gasteiger partial charge in [-0.3, -0.25) is 0 Å². The van der Waals surface area contributed by atoms with E-state index < -0.39 is 56.5 Å². The Morgan fingerprint density at radius 2 is 1.53 bits per heavy atom. The van der Waals surface area contributed by atoms with E-state index >= 15 is 0 Å². The van der Waals surface area contributed by atoms with Crippen LogP contribution in [0.25, 0.3) is 0 Å². The Balaban J connectivity index is 1.55. The molecule has 0 aromatic heterocycles. The molecule has 0 spiro atoms. The van der Waals surface area contributed by atoms with E-state index in [0.29, 0.717) is 12.8 Å². The van der Waals surface area contributed by atoms with Gasteiger partial charge in [0, 0.05) is 6.54 Å². The molecule has 0 bridgehead atoms. The molecule has 2 aromatic carbocycles. The summed E-state index contributed by atoms with van der Waals surface area (Å²) in [6.07, 6.45) is -0.251. The lowest BCUT2D eigenvalue weighted by atomic mass is 9.98. The van der Waals surface area contributed by atoms with Crippen LogP contribution in [0.5, 0.6) is 0 Å². The summed E-state index contributed by atoms with van der Waals surface area (Å²) in [5.74, 6) is -1.35. The summed E-state index contributed by atoms with van der Waals surface area (Å²) < 4.78 is 86.8. The number of aliphatic hydroxyl groups is 1. The van der Waals surface area contributed by atoms with Crippen LogP contribution in [0, 0.1) is 11.6 Å². The summed E-state index contributed by atoms with van der Waals surface area (Å²) in [6.45, 7) is -0.441. The summed E-state index contributed by atoms with van der Waals surface area (Å²) in [5.41, 5.74) is 0. The van der Waals surface area contributed by atoms with Crippen LogP contribution in [0.3, 0.4) is 0 Å². The fourth-order valence-corrected chi connectivity index (χ4v) is 5.86. The minimum absolute atomic E-state index is 0.0152. The third kappa shape index (κ3) is 6.30. The molecule has 2 aromatic rings. The summed E-state index contributed by atoms with van der Waals surface area (Å²) in [7, 11) is -7.91. The Labute approximate surface area is 185 Å². The summed E-state index contributed by atoms with van der Waals surface area (Å²) in [5, 5.41) is 9.65. The highest BCUT2D eigenvalue weighted by Crippen LogP contribution is 2.24. The van der Waals surface area contributed by atoms with Crippen LogP contribution in [0.4, 0.5) is 8.78 Å². The Morgan fingerprint density at radius 3 is 2.09 bits per heavy atom. The van der Waals surface area contributed by atoms with Crippen LogP contribution in [0.1, 0.15) is 19.3 Å². The molecule has 0 unspecified atom stereocenters. The number of rotatable bonds is 9. The van der Waals surface area contributed by atoms with Crippen LogP contribution < -0.4 is 9.44 Å². The first-order valence-corrected chi connectivity index (χ1v) is 12.9. The molecular weight excluding hydrogens is 466 g/mol. The molecule has 3 N–H and O–H groups in total. The van der Waals surface area contributed by atoms with Crippen LogP contribution in [-0.4, -0.2) is 53.3 Å². The highest BCUT2D eigenvalue weighted by molar-refractivity contribution is 7.89. The van der Waals surface area contributed by atoms with E-state index in [1.54, 1.807) is 0 Å². The van der Waals surface area contributed by atoms with Crippen molar-refractivity contribution in [1.29, 1.82) is 0 Å². The van der Waals surface area contributed by atoms with Crippen molar-refractivity contribution >= 4 is 20.0 Å². The maximum atomic E-state index is 13.4. The minimum Gasteiger partial charge on any atom is -0.394 e. The summed E-state index contributed by atoms with van der Waals surface area (Å²) >= 11 is 0. The van der Waals surface area contributed by atoms with E-state index in [-0.39, 0.29) is 22.8 Å². The number of benzene rings is 2. The second-order valence-electron chi connectivity index (χ2n) is 7.39. The standard InChI is InChI=1S/C20H24F2N2O6S2/c21-14-3-1-5-17(11-14)31(26,27)23-10-9-16-7-8-19(20(13-25)30-16)24-32(28,29)18-6-2-4-15(22)12-18/h1-6,11-12,16,19-20,23-25H,7-10,13H2/t16-,19+,20-/m1/s1. The zero-order chi connectivity index (χ0) is 23.4. The van der Waals surface area contributed by atoms with E-state index in [1.807, 2.05) is 0 Å². The molecule has 176 valence electrons. The fourth-order valence-electron chi connectivity index (χ4n) is 3.45. The Morgan fingerprint density at radius 1 is 0.938 bits per heavy atom. The predicted octanol–water partition coefficient (Wildman–Crippen LogP) is 1.52. The third-order valence-electron chi connectivity index (χ3n) is 5.07. The van der Waals surface area contributed by atoms with Crippen molar-refractivity contribution in [2.75, 3.05) is 13.2 Å². The van der Waals surface area contributed by atoms with Crippen molar-refractivity contribution in [2.24, 2.45) is 0 Å². The highest BCUT2D eigenvalue weighted by Gasteiger charge is 2.34. The van der Waals surface area contributed by atoms with Crippen molar-refractivity contribution in [3.63, 3.8) is 0 Å². The monoisotopic (exact) mass is 490 g/mol. The second-order valence-corrected chi connectivity index (χ2v) is 10.9. The first kappa shape index (κ1) is 24.7. The molecule has 1 aliphatic rings. The topological polar surface area (TPSA) is 122 Å². The maximum Gasteiger partial charge on any atom is 0.241 e. The predicted molar refractivity (Wildman–Crippen MR) is 112 cm³/mol. The van der Waals surface area contributed by atoms with Crippen LogP contribution in [0.2, 0.25) is 0 Å². The fraction of sp³-hybridized carbons (Fsp3) is 0.400. The van der Waals surface area contributed by atoms with E-state index in [0.717, 1.165) is 24.3 Å². The van der Waals surface area contributed by atoms with E-state index in [2.05, 4.69) is 9.44 Å². The van der Waals surface area contributed by atoms with Gasteiger partial charge >= 0.3 is 0 Å². The number of halogens is 2. The zero-order valence-electron chi connectivity index (χ0n) is 16.9. The van der Waals surface area contributed by atoms with Crippen LogP contribution in [0.15, 0.2) is 58.3 Å².